The summed E-state index contributed by atoms with van der Waals surface area (Å²) in [5.41, 5.74) is -1.37. The highest BCUT2D eigenvalue weighted by Crippen LogP contribution is 2.30. The molecule has 0 aromatic heterocycles. The van der Waals surface area contributed by atoms with Crippen molar-refractivity contribution in [2.75, 3.05) is 25.6 Å². The van der Waals surface area contributed by atoms with E-state index in [1.807, 2.05) is 0 Å². The van der Waals surface area contributed by atoms with E-state index in [0.717, 1.165) is 23.1 Å². The number of aliphatic hydroxyl groups excluding tert-OH is 1. The molecule has 0 bridgehead atoms. The van der Waals surface area contributed by atoms with Gasteiger partial charge in [-0.2, -0.15) is 13.2 Å². The van der Waals surface area contributed by atoms with Crippen LogP contribution in [0.2, 0.25) is 0 Å². The SMILES string of the molecule is COc1ccc(NC2=CC(=O)N(CCO)C2=O)c(C(=O)C(F)(F)F)c1. The van der Waals surface area contributed by atoms with Crippen LogP contribution in [0.1, 0.15) is 10.4 Å². The molecule has 0 atom stereocenters. The number of methoxy groups -OCH3 is 1. The van der Waals surface area contributed by atoms with Gasteiger partial charge in [-0.25, -0.2) is 0 Å². The van der Waals surface area contributed by atoms with Crippen LogP contribution in [0, 0.1) is 0 Å². The van der Waals surface area contributed by atoms with Gasteiger partial charge in [-0.1, -0.05) is 0 Å². The zero-order chi connectivity index (χ0) is 18.8. The van der Waals surface area contributed by atoms with Crippen molar-refractivity contribution in [3.05, 3.63) is 35.5 Å². The lowest BCUT2D eigenvalue weighted by Crippen LogP contribution is -2.34. The number of hydrogen-bond donors (Lipinski definition) is 2. The molecule has 0 saturated heterocycles. The van der Waals surface area contributed by atoms with E-state index in [2.05, 4.69) is 5.32 Å². The molecule has 0 aliphatic carbocycles. The predicted molar refractivity (Wildman–Crippen MR) is 78.9 cm³/mol. The average molecular weight is 358 g/mol. The van der Waals surface area contributed by atoms with Gasteiger partial charge in [-0.3, -0.25) is 19.3 Å². The number of amides is 2. The smallest absolute Gasteiger partial charge is 0.454 e. The van der Waals surface area contributed by atoms with Crippen LogP contribution < -0.4 is 10.1 Å². The Labute approximate surface area is 139 Å². The number of aliphatic hydroxyl groups is 1. The zero-order valence-corrected chi connectivity index (χ0v) is 12.9. The van der Waals surface area contributed by atoms with Crippen LogP contribution in [0.3, 0.4) is 0 Å². The van der Waals surface area contributed by atoms with Crippen LogP contribution in [0.25, 0.3) is 0 Å². The van der Waals surface area contributed by atoms with Crippen molar-refractivity contribution in [1.29, 1.82) is 0 Å². The quantitative estimate of drug-likeness (QED) is 0.584. The molecule has 1 aliphatic rings. The molecule has 0 unspecified atom stereocenters. The van der Waals surface area contributed by atoms with Crippen molar-refractivity contribution < 1.29 is 37.4 Å². The number of rotatable bonds is 6. The second kappa shape index (κ2) is 6.93. The van der Waals surface area contributed by atoms with Crippen LogP contribution in [0.5, 0.6) is 5.75 Å². The molecule has 1 aliphatic heterocycles. The summed E-state index contributed by atoms with van der Waals surface area (Å²) < 4.78 is 43.1. The number of ether oxygens (including phenoxy) is 1. The van der Waals surface area contributed by atoms with Crippen LogP contribution >= 0.6 is 0 Å². The second-order valence-corrected chi connectivity index (χ2v) is 4.94. The highest BCUT2D eigenvalue weighted by atomic mass is 19.4. The average Bonchev–Trinajstić information content (AvgIpc) is 2.81. The third kappa shape index (κ3) is 3.79. The molecule has 0 saturated carbocycles. The second-order valence-electron chi connectivity index (χ2n) is 4.94. The number of imide groups is 1. The minimum absolute atomic E-state index is 0.0165. The summed E-state index contributed by atoms with van der Waals surface area (Å²) in [5.74, 6) is -3.65. The molecular weight excluding hydrogens is 345 g/mol. The Morgan fingerprint density at radius 3 is 2.56 bits per heavy atom. The molecule has 0 fully saturated rings. The van der Waals surface area contributed by atoms with E-state index in [9.17, 15) is 27.6 Å². The maximum Gasteiger partial charge on any atom is 0.454 e. The standard InChI is InChI=1S/C15H13F3N2O5/c1-25-8-2-3-10(9(6-8)13(23)15(16,17)18)19-11-7-12(22)20(4-5-21)14(11)24/h2-3,6-7,19,21H,4-5H2,1H3. The Morgan fingerprint density at radius 1 is 1.32 bits per heavy atom. The normalized spacial score (nSPS) is 14.6. The highest BCUT2D eigenvalue weighted by molar-refractivity contribution is 6.18. The highest BCUT2D eigenvalue weighted by Gasteiger charge is 2.41. The Bertz CT molecular complexity index is 758. The van der Waals surface area contributed by atoms with E-state index in [-0.39, 0.29) is 23.7 Å². The van der Waals surface area contributed by atoms with E-state index in [4.69, 9.17) is 9.84 Å². The number of anilines is 1. The molecule has 134 valence electrons. The molecule has 1 heterocycles. The largest absolute Gasteiger partial charge is 0.497 e. The van der Waals surface area contributed by atoms with Crippen LogP contribution in [0.4, 0.5) is 18.9 Å². The van der Waals surface area contributed by atoms with Gasteiger partial charge in [0.25, 0.3) is 17.6 Å². The number of halogens is 3. The van der Waals surface area contributed by atoms with Crippen LogP contribution in [-0.2, 0) is 9.59 Å². The molecule has 2 amide bonds. The maximum atomic E-state index is 12.8. The number of carbonyl (C=O) groups is 3. The zero-order valence-electron chi connectivity index (χ0n) is 12.9. The number of alkyl halides is 3. The Kier molecular flexibility index (Phi) is 5.12. The van der Waals surface area contributed by atoms with Gasteiger partial charge in [0.1, 0.15) is 11.4 Å². The summed E-state index contributed by atoms with van der Waals surface area (Å²) >= 11 is 0. The minimum Gasteiger partial charge on any atom is -0.497 e. The van der Waals surface area contributed by atoms with E-state index in [0.29, 0.717) is 0 Å². The number of β-amino-alcohol motifs (C(OH)–C–C–N with tert-alkyl or cyclic N) is 1. The third-order valence-electron chi connectivity index (χ3n) is 3.33. The van der Waals surface area contributed by atoms with Crippen molar-refractivity contribution in [1.82, 2.24) is 4.90 Å². The number of benzene rings is 1. The summed E-state index contributed by atoms with van der Waals surface area (Å²) in [6.45, 7) is -0.713. The molecule has 1 aromatic carbocycles. The molecular formula is C15H13F3N2O5. The molecule has 10 heteroatoms. The summed E-state index contributed by atoms with van der Waals surface area (Å²) in [6, 6.07) is 3.30. The summed E-state index contributed by atoms with van der Waals surface area (Å²) in [6.07, 6.45) is -4.25. The first-order chi connectivity index (χ1) is 11.7. The summed E-state index contributed by atoms with van der Waals surface area (Å²) in [7, 11) is 1.22. The number of ketones is 1. The van der Waals surface area contributed by atoms with Gasteiger partial charge in [0, 0.05) is 6.08 Å². The van der Waals surface area contributed by atoms with Gasteiger partial charge in [0.15, 0.2) is 0 Å². The third-order valence-corrected chi connectivity index (χ3v) is 3.33. The summed E-state index contributed by atoms with van der Waals surface area (Å²) in [4.78, 5) is 36.0. The van der Waals surface area contributed by atoms with Crippen LogP contribution in [0.15, 0.2) is 30.0 Å². The minimum atomic E-state index is -5.13. The topological polar surface area (TPSA) is 95.9 Å². The van der Waals surface area contributed by atoms with Crippen molar-refractivity contribution in [3.63, 3.8) is 0 Å². The lowest BCUT2D eigenvalue weighted by molar-refractivity contribution is -0.137. The monoisotopic (exact) mass is 358 g/mol. The Hall–Kier alpha value is -2.88. The number of carbonyl (C=O) groups excluding carboxylic acids is 3. The number of hydrogen-bond acceptors (Lipinski definition) is 6. The fourth-order valence-corrected chi connectivity index (χ4v) is 2.15. The number of nitrogens with zero attached hydrogens (tertiary/aromatic N) is 1. The Balaban J connectivity index is 2.37. The Morgan fingerprint density at radius 2 is 2.00 bits per heavy atom. The van der Waals surface area contributed by atoms with Crippen LogP contribution in [-0.4, -0.2) is 54.0 Å². The fraction of sp³-hybridized carbons (Fsp3) is 0.267. The molecule has 2 N–H and O–H groups in total. The van der Waals surface area contributed by atoms with Gasteiger partial charge in [-0.15, -0.1) is 0 Å². The van der Waals surface area contributed by atoms with E-state index in [1.54, 1.807) is 0 Å². The first kappa shape index (κ1) is 18.5. The first-order valence-electron chi connectivity index (χ1n) is 6.94. The fourth-order valence-electron chi connectivity index (χ4n) is 2.15. The molecule has 7 nitrogen and oxygen atoms in total. The van der Waals surface area contributed by atoms with Crippen molar-refractivity contribution in [3.8, 4) is 5.75 Å². The van der Waals surface area contributed by atoms with E-state index in [1.165, 1.54) is 13.2 Å². The molecule has 0 radical (unpaired) electrons. The summed E-state index contributed by atoms with van der Waals surface area (Å²) in [5, 5.41) is 11.2. The van der Waals surface area contributed by atoms with Gasteiger partial charge >= 0.3 is 6.18 Å². The lowest BCUT2D eigenvalue weighted by Gasteiger charge is -2.16. The number of Topliss-reactive ketones (excluding diaryl/α,β-unsaturated/α-hetero) is 1. The van der Waals surface area contributed by atoms with Crippen molar-refractivity contribution in [2.45, 2.75) is 6.18 Å². The molecule has 25 heavy (non-hydrogen) atoms. The van der Waals surface area contributed by atoms with Gasteiger partial charge in [0.2, 0.25) is 0 Å². The van der Waals surface area contributed by atoms with Crippen molar-refractivity contribution >= 4 is 23.3 Å². The van der Waals surface area contributed by atoms with Gasteiger partial charge < -0.3 is 15.2 Å². The predicted octanol–water partition coefficient (Wildman–Crippen LogP) is 1.10. The molecule has 0 spiro atoms. The molecule has 1 aromatic rings. The van der Waals surface area contributed by atoms with E-state index < -0.39 is 35.9 Å². The lowest BCUT2D eigenvalue weighted by atomic mass is 10.1. The van der Waals surface area contributed by atoms with Gasteiger partial charge in [-0.05, 0) is 18.2 Å². The molecule has 2 rings (SSSR count). The maximum absolute atomic E-state index is 12.8. The number of nitrogens with one attached hydrogen (secondary N) is 1. The van der Waals surface area contributed by atoms with Gasteiger partial charge in [0.05, 0.1) is 31.5 Å². The van der Waals surface area contributed by atoms with Crippen molar-refractivity contribution in [2.24, 2.45) is 0 Å². The first-order valence-corrected chi connectivity index (χ1v) is 6.94. The van der Waals surface area contributed by atoms with E-state index >= 15 is 0 Å².